The minimum atomic E-state index is -1.02. The molecule has 0 rings (SSSR count). The van der Waals surface area contributed by atoms with Gasteiger partial charge in [-0.2, -0.15) is 0 Å². The van der Waals surface area contributed by atoms with Crippen LogP contribution < -0.4 is 0 Å². The highest BCUT2D eigenvalue weighted by Gasteiger charge is 2.28. The van der Waals surface area contributed by atoms with Gasteiger partial charge >= 0.3 is 5.97 Å². The molecule has 0 N–H and O–H groups in total. The van der Waals surface area contributed by atoms with Crippen molar-refractivity contribution in [2.75, 3.05) is 27.9 Å². The van der Waals surface area contributed by atoms with E-state index in [0.29, 0.717) is 12.7 Å². The van der Waals surface area contributed by atoms with Gasteiger partial charge in [-0.25, -0.2) is 4.79 Å². The summed E-state index contributed by atoms with van der Waals surface area (Å²) in [7, 11) is 4.79. The highest BCUT2D eigenvalue weighted by Crippen LogP contribution is 2.11. The second-order valence-electron chi connectivity index (χ2n) is 3.83. The molecule has 0 aliphatic rings. The largest absolute Gasteiger partial charge is 0.463 e. The SMILES string of the molecule is CCCCCOC(=O)C=CC[Si]C(OC)(OC)OC. The van der Waals surface area contributed by atoms with Crippen molar-refractivity contribution in [1.29, 1.82) is 0 Å². The lowest BCUT2D eigenvalue weighted by atomic mass is 10.3. The highest BCUT2D eigenvalue weighted by molar-refractivity contribution is 6.38. The van der Waals surface area contributed by atoms with Crippen molar-refractivity contribution in [3.05, 3.63) is 12.2 Å². The predicted octanol–water partition coefficient (Wildman–Crippen LogP) is 1.95. The molecule has 0 bridgehead atoms. The summed E-state index contributed by atoms with van der Waals surface area (Å²) in [4.78, 5) is 11.3. The fourth-order valence-corrected chi connectivity index (χ4v) is 2.30. The van der Waals surface area contributed by atoms with Gasteiger partial charge in [-0.3, -0.25) is 0 Å². The quantitative estimate of drug-likeness (QED) is 0.191. The van der Waals surface area contributed by atoms with E-state index in [1.165, 1.54) is 27.4 Å². The number of allylic oxidation sites excluding steroid dienone is 1. The fraction of sp³-hybridized carbons (Fsp3) is 0.769. The third-order valence-corrected chi connectivity index (χ3v) is 3.97. The summed E-state index contributed by atoms with van der Waals surface area (Å²) in [6, 6.07) is 0.625. The number of ether oxygens (including phenoxy) is 4. The molecule has 0 aliphatic heterocycles. The zero-order valence-corrected chi connectivity index (χ0v) is 13.2. The van der Waals surface area contributed by atoms with Gasteiger partial charge in [0.25, 0.3) is 5.60 Å². The molecule has 0 amide bonds. The third-order valence-electron chi connectivity index (χ3n) is 2.49. The first-order valence-electron chi connectivity index (χ1n) is 6.37. The first kappa shape index (κ1) is 18.3. The molecule has 0 fully saturated rings. The molecule has 0 spiro atoms. The van der Waals surface area contributed by atoms with Crippen molar-refractivity contribution in [2.45, 2.75) is 37.8 Å². The smallest absolute Gasteiger partial charge is 0.330 e. The minimum absolute atomic E-state index is 0.234. The first-order valence-corrected chi connectivity index (χ1v) is 7.58. The predicted molar refractivity (Wildman–Crippen MR) is 73.9 cm³/mol. The zero-order valence-electron chi connectivity index (χ0n) is 12.2. The van der Waals surface area contributed by atoms with Gasteiger partial charge in [0.15, 0.2) is 9.52 Å². The van der Waals surface area contributed by atoms with Gasteiger partial charge in [-0.05, 0) is 12.5 Å². The van der Waals surface area contributed by atoms with Crippen LogP contribution in [0.25, 0.3) is 0 Å². The Morgan fingerprint density at radius 1 is 1.16 bits per heavy atom. The van der Waals surface area contributed by atoms with Gasteiger partial charge in [0, 0.05) is 27.4 Å². The molecule has 0 saturated carbocycles. The molecule has 0 heterocycles. The Morgan fingerprint density at radius 3 is 2.32 bits per heavy atom. The van der Waals surface area contributed by atoms with E-state index < -0.39 is 5.60 Å². The van der Waals surface area contributed by atoms with Crippen LogP contribution in [0.1, 0.15) is 26.2 Å². The van der Waals surface area contributed by atoms with Crippen molar-refractivity contribution < 1.29 is 23.7 Å². The summed E-state index contributed by atoms with van der Waals surface area (Å²) in [5.41, 5.74) is -1.02. The van der Waals surface area contributed by atoms with Crippen LogP contribution in [0.5, 0.6) is 0 Å². The summed E-state index contributed by atoms with van der Waals surface area (Å²) >= 11 is 0. The molecular formula is C13H24O5Si. The van der Waals surface area contributed by atoms with Crippen molar-refractivity contribution in [2.24, 2.45) is 0 Å². The number of carbonyl (C=O) groups excluding carboxylic acids is 1. The maximum Gasteiger partial charge on any atom is 0.330 e. The Labute approximate surface area is 118 Å². The highest BCUT2D eigenvalue weighted by atomic mass is 28.2. The number of esters is 1. The van der Waals surface area contributed by atoms with E-state index >= 15 is 0 Å². The van der Waals surface area contributed by atoms with Gasteiger partial charge < -0.3 is 18.9 Å². The van der Waals surface area contributed by atoms with E-state index in [9.17, 15) is 4.79 Å². The molecule has 110 valence electrons. The Bertz CT molecular complexity index is 255. The maximum absolute atomic E-state index is 11.3. The number of hydrogen-bond acceptors (Lipinski definition) is 5. The van der Waals surface area contributed by atoms with E-state index in [4.69, 9.17) is 18.9 Å². The maximum atomic E-state index is 11.3. The van der Waals surface area contributed by atoms with Crippen molar-refractivity contribution in [3.8, 4) is 0 Å². The van der Waals surface area contributed by atoms with Crippen LogP contribution in [0.3, 0.4) is 0 Å². The zero-order chi connectivity index (χ0) is 14.6. The summed E-state index contributed by atoms with van der Waals surface area (Å²) in [5, 5.41) is 0. The summed E-state index contributed by atoms with van der Waals surface area (Å²) in [6.45, 7) is 2.59. The van der Waals surface area contributed by atoms with Crippen LogP contribution in [0.15, 0.2) is 12.2 Å². The number of carbonyl (C=O) groups is 1. The van der Waals surface area contributed by atoms with Gasteiger partial charge in [0.2, 0.25) is 0 Å². The molecule has 0 saturated heterocycles. The Balaban J connectivity index is 3.85. The molecule has 0 aromatic heterocycles. The lowest BCUT2D eigenvalue weighted by Gasteiger charge is -2.27. The average molecular weight is 288 g/mol. The van der Waals surface area contributed by atoms with E-state index in [1.807, 2.05) is 0 Å². The number of rotatable bonds is 11. The van der Waals surface area contributed by atoms with Crippen molar-refractivity contribution in [1.82, 2.24) is 0 Å². The van der Waals surface area contributed by atoms with E-state index in [1.54, 1.807) is 6.08 Å². The fourth-order valence-electron chi connectivity index (χ4n) is 1.38. The Kier molecular flexibility index (Phi) is 10.8. The molecule has 0 aliphatic carbocycles. The van der Waals surface area contributed by atoms with Crippen molar-refractivity contribution in [3.63, 3.8) is 0 Å². The lowest BCUT2D eigenvalue weighted by molar-refractivity contribution is -0.294. The monoisotopic (exact) mass is 288 g/mol. The lowest BCUT2D eigenvalue weighted by Crippen LogP contribution is -2.42. The molecule has 0 aromatic carbocycles. The molecule has 6 heteroatoms. The normalized spacial score (nSPS) is 12.0. The van der Waals surface area contributed by atoms with Gasteiger partial charge in [-0.15, -0.1) is 0 Å². The van der Waals surface area contributed by atoms with E-state index in [2.05, 4.69) is 6.92 Å². The molecule has 2 radical (unpaired) electrons. The number of unbranched alkanes of at least 4 members (excludes halogenated alkanes) is 2. The first-order chi connectivity index (χ1) is 9.14. The molecule has 0 aromatic rings. The molecule has 19 heavy (non-hydrogen) atoms. The third kappa shape index (κ3) is 8.15. The van der Waals surface area contributed by atoms with Gasteiger partial charge in [0.05, 0.1) is 6.61 Å². The molecule has 0 unspecified atom stereocenters. The van der Waals surface area contributed by atoms with Gasteiger partial charge in [-0.1, -0.05) is 25.8 Å². The standard InChI is InChI=1S/C13H24O5Si/c1-5-6-7-10-18-12(14)9-8-11-19-13(15-2,16-3)17-4/h8-9H,5-7,10-11H2,1-4H3. The van der Waals surface area contributed by atoms with Crippen LogP contribution in [0.2, 0.25) is 6.04 Å². The van der Waals surface area contributed by atoms with Crippen LogP contribution in [-0.2, 0) is 23.7 Å². The summed E-state index contributed by atoms with van der Waals surface area (Å²) in [5.74, 6) is -0.307. The molecular weight excluding hydrogens is 264 g/mol. The summed E-state index contributed by atoms with van der Waals surface area (Å²) in [6.07, 6.45) is 6.28. The molecule has 0 atom stereocenters. The van der Waals surface area contributed by atoms with Gasteiger partial charge in [0.1, 0.15) is 0 Å². The topological polar surface area (TPSA) is 54.0 Å². The van der Waals surface area contributed by atoms with E-state index in [0.717, 1.165) is 19.3 Å². The molecule has 5 nitrogen and oxygen atoms in total. The van der Waals surface area contributed by atoms with Crippen LogP contribution in [-0.4, -0.2) is 49.0 Å². The van der Waals surface area contributed by atoms with Crippen LogP contribution >= 0.6 is 0 Å². The Morgan fingerprint density at radius 2 is 1.79 bits per heavy atom. The average Bonchev–Trinajstić information content (AvgIpc) is 2.45. The van der Waals surface area contributed by atoms with Crippen LogP contribution in [0, 0.1) is 0 Å². The Hall–Kier alpha value is -0.693. The van der Waals surface area contributed by atoms with E-state index in [-0.39, 0.29) is 15.5 Å². The second kappa shape index (κ2) is 11.2. The van der Waals surface area contributed by atoms with Crippen molar-refractivity contribution >= 4 is 15.5 Å². The summed E-state index contributed by atoms with van der Waals surface area (Å²) < 4.78 is 20.5. The minimum Gasteiger partial charge on any atom is -0.463 e. The second-order valence-corrected chi connectivity index (χ2v) is 5.20. The number of hydrogen-bond donors (Lipinski definition) is 0. The van der Waals surface area contributed by atoms with Crippen LogP contribution in [0.4, 0.5) is 0 Å². The number of methoxy groups -OCH3 is 3.